The van der Waals surface area contributed by atoms with Gasteiger partial charge in [-0.3, -0.25) is 0 Å². The molecule has 9 heavy (non-hydrogen) atoms. The maximum Gasteiger partial charge on any atom is 0.127 e. The van der Waals surface area contributed by atoms with Crippen LogP contribution >= 0.6 is 0 Å². The highest BCUT2D eigenvalue weighted by molar-refractivity contribution is 5.45. The number of fused-ring (bicyclic) bond motifs is 1. The first-order chi connectivity index (χ1) is 3.88. The third-order valence-electron chi connectivity index (χ3n) is 1.46. The summed E-state index contributed by atoms with van der Waals surface area (Å²) in [5.41, 5.74) is 2.08. The average Bonchev–Trinajstić information content (AvgIpc) is 2.45. The molecule has 0 aliphatic heterocycles. The van der Waals surface area contributed by atoms with Crippen LogP contribution in [0.4, 0.5) is 4.39 Å². The average molecular weight is 125 g/mol. The third-order valence-corrected chi connectivity index (χ3v) is 1.46. The Balaban J connectivity index is 0.000000405. The summed E-state index contributed by atoms with van der Waals surface area (Å²) in [6.45, 7) is 0. The minimum absolute atomic E-state index is 0. The van der Waals surface area contributed by atoms with Gasteiger partial charge in [0.2, 0.25) is 0 Å². The molecule has 0 saturated heterocycles. The van der Waals surface area contributed by atoms with Crippen molar-refractivity contribution in [1.82, 2.24) is 6.15 Å². The van der Waals surface area contributed by atoms with Crippen LogP contribution in [0.15, 0.2) is 18.2 Å². The van der Waals surface area contributed by atoms with Crippen molar-refractivity contribution in [1.29, 1.82) is 0 Å². The lowest BCUT2D eigenvalue weighted by Crippen LogP contribution is -1.65. The summed E-state index contributed by atoms with van der Waals surface area (Å²) in [4.78, 5) is 0. The van der Waals surface area contributed by atoms with Crippen molar-refractivity contribution < 1.29 is 4.39 Å². The van der Waals surface area contributed by atoms with E-state index in [0.29, 0.717) is 0 Å². The summed E-state index contributed by atoms with van der Waals surface area (Å²) in [5.74, 6) is -0.0394. The van der Waals surface area contributed by atoms with Gasteiger partial charge in [-0.05, 0) is 17.2 Å². The summed E-state index contributed by atoms with van der Waals surface area (Å²) in [5, 5.41) is 0. The van der Waals surface area contributed by atoms with Crippen LogP contribution in [0.5, 0.6) is 0 Å². The first-order valence-corrected chi connectivity index (χ1v) is 2.64. The Labute approximate surface area is 53.1 Å². The molecule has 0 aromatic heterocycles. The minimum atomic E-state index is -0.0394. The highest BCUT2D eigenvalue weighted by atomic mass is 19.1. The van der Waals surface area contributed by atoms with Crippen LogP contribution in [-0.4, -0.2) is 0 Å². The van der Waals surface area contributed by atoms with Crippen LogP contribution in [0, 0.1) is 5.82 Å². The quantitative estimate of drug-likeness (QED) is 0.573. The summed E-state index contributed by atoms with van der Waals surface area (Å²) < 4.78 is 12.4. The predicted molar refractivity (Wildman–Crippen MR) is 34.2 cm³/mol. The van der Waals surface area contributed by atoms with Gasteiger partial charge in [-0.25, -0.2) is 4.39 Å². The molecule has 0 unspecified atom stereocenters. The van der Waals surface area contributed by atoms with Gasteiger partial charge in [0.25, 0.3) is 0 Å². The molecule has 3 N–H and O–H groups in total. The Kier molecular flexibility index (Phi) is 1.25. The Hall–Kier alpha value is -0.890. The van der Waals surface area contributed by atoms with Gasteiger partial charge in [-0.15, -0.1) is 0 Å². The molecule has 0 heterocycles. The van der Waals surface area contributed by atoms with Gasteiger partial charge >= 0.3 is 0 Å². The van der Waals surface area contributed by atoms with Crippen LogP contribution in [0.2, 0.25) is 0 Å². The van der Waals surface area contributed by atoms with Crippen molar-refractivity contribution in [3.8, 4) is 0 Å². The molecule has 2 heteroatoms. The van der Waals surface area contributed by atoms with E-state index in [1.54, 1.807) is 6.07 Å². The topological polar surface area (TPSA) is 35.0 Å². The van der Waals surface area contributed by atoms with E-state index in [1.807, 2.05) is 6.07 Å². The Morgan fingerprint density at radius 1 is 1.33 bits per heavy atom. The van der Waals surface area contributed by atoms with E-state index >= 15 is 0 Å². The molecular formula is C7H8FN. The Morgan fingerprint density at radius 2 is 2.11 bits per heavy atom. The molecule has 1 aliphatic rings. The van der Waals surface area contributed by atoms with Gasteiger partial charge in [0.05, 0.1) is 0 Å². The van der Waals surface area contributed by atoms with Crippen LogP contribution in [-0.2, 0) is 6.42 Å². The number of hydrogen-bond acceptors (Lipinski definition) is 1. The molecule has 0 saturated carbocycles. The second-order valence-corrected chi connectivity index (χ2v) is 2.05. The fourth-order valence-corrected chi connectivity index (χ4v) is 0.893. The molecule has 48 valence electrons. The van der Waals surface area contributed by atoms with E-state index in [0.717, 1.165) is 12.0 Å². The molecule has 0 fully saturated rings. The van der Waals surface area contributed by atoms with E-state index in [4.69, 9.17) is 0 Å². The van der Waals surface area contributed by atoms with E-state index in [9.17, 15) is 4.39 Å². The fraction of sp³-hybridized carbons (Fsp3) is 0.143. The van der Waals surface area contributed by atoms with E-state index in [1.165, 1.54) is 11.6 Å². The number of rotatable bonds is 0. The van der Waals surface area contributed by atoms with Crippen molar-refractivity contribution >= 4 is 0 Å². The number of halogens is 1. The van der Waals surface area contributed by atoms with Crippen molar-refractivity contribution in [3.63, 3.8) is 0 Å². The molecule has 0 bridgehead atoms. The van der Waals surface area contributed by atoms with Crippen LogP contribution in [0.1, 0.15) is 11.1 Å². The lowest BCUT2D eigenvalue weighted by Gasteiger charge is -1.78. The predicted octanol–water partition coefficient (Wildman–Crippen LogP) is 1.89. The molecular weight excluding hydrogens is 117 g/mol. The summed E-state index contributed by atoms with van der Waals surface area (Å²) in [6, 6.07) is 5.21. The maximum absolute atomic E-state index is 12.4. The minimum Gasteiger partial charge on any atom is -0.344 e. The van der Waals surface area contributed by atoms with Gasteiger partial charge < -0.3 is 6.15 Å². The second kappa shape index (κ2) is 1.81. The summed E-state index contributed by atoms with van der Waals surface area (Å²) in [7, 11) is 0. The van der Waals surface area contributed by atoms with Gasteiger partial charge in [0, 0.05) is 6.42 Å². The zero-order valence-corrected chi connectivity index (χ0v) is 5.02. The van der Waals surface area contributed by atoms with Crippen LogP contribution < -0.4 is 6.15 Å². The molecule has 1 aliphatic carbocycles. The smallest absolute Gasteiger partial charge is 0.127 e. The lowest BCUT2D eigenvalue weighted by molar-refractivity contribution is 0.625. The lowest BCUT2D eigenvalue weighted by atomic mass is 10.4. The largest absolute Gasteiger partial charge is 0.344 e. The first kappa shape index (κ1) is 6.23. The van der Waals surface area contributed by atoms with Gasteiger partial charge in [0.1, 0.15) is 5.82 Å². The highest BCUT2D eigenvalue weighted by Crippen LogP contribution is 2.29. The second-order valence-electron chi connectivity index (χ2n) is 2.05. The third kappa shape index (κ3) is 0.813. The SMILES string of the molecule is Fc1cccc2c1C2.N. The van der Waals surface area contributed by atoms with Gasteiger partial charge in [0.15, 0.2) is 0 Å². The monoisotopic (exact) mass is 125 g/mol. The normalized spacial score (nSPS) is 11.7. The molecule has 0 spiro atoms. The molecule has 1 aromatic carbocycles. The number of hydrogen-bond donors (Lipinski definition) is 1. The van der Waals surface area contributed by atoms with Crippen molar-refractivity contribution in [2.45, 2.75) is 6.42 Å². The molecule has 0 amide bonds. The van der Waals surface area contributed by atoms with E-state index < -0.39 is 0 Å². The summed E-state index contributed by atoms with van der Waals surface area (Å²) in [6.07, 6.45) is 0.874. The Morgan fingerprint density at radius 3 is 2.67 bits per heavy atom. The first-order valence-electron chi connectivity index (χ1n) is 2.64. The molecule has 0 radical (unpaired) electrons. The van der Waals surface area contributed by atoms with E-state index in [-0.39, 0.29) is 12.0 Å². The summed E-state index contributed by atoms with van der Waals surface area (Å²) >= 11 is 0. The van der Waals surface area contributed by atoms with Gasteiger partial charge in [-0.2, -0.15) is 0 Å². The number of benzene rings is 1. The fourth-order valence-electron chi connectivity index (χ4n) is 0.893. The molecule has 1 nitrogen and oxygen atoms in total. The molecule has 2 rings (SSSR count). The van der Waals surface area contributed by atoms with Crippen molar-refractivity contribution in [2.24, 2.45) is 0 Å². The van der Waals surface area contributed by atoms with Crippen molar-refractivity contribution in [3.05, 3.63) is 35.1 Å². The zero-order chi connectivity index (χ0) is 5.56. The maximum atomic E-state index is 12.4. The van der Waals surface area contributed by atoms with Crippen LogP contribution in [0.3, 0.4) is 0 Å². The van der Waals surface area contributed by atoms with Crippen LogP contribution in [0.25, 0.3) is 0 Å². The molecule has 1 aromatic rings. The van der Waals surface area contributed by atoms with Gasteiger partial charge in [-0.1, -0.05) is 12.1 Å². The molecule has 0 atom stereocenters. The Bertz CT molecular complexity index is 232. The van der Waals surface area contributed by atoms with Crippen molar-refractivity contribution in [2.75, 3.05) is 0 Å². The van der Waals surface area contributed by atoms with E-state index in [2.05, 4.69) is 0 Å². The highest BCUT2D eigenvalue weighted by Gasteiger charge is 2.19. The zero-order valence-electron chi connectivity index (χ0n) is 5.02. The standard InChI is InChI=1S/C7H5F.H3N/c8-7-3-1-2-5-4-6(5)7;/h1-3H,4H2;1H3.